The normalized spacial score (nSPS) is 10.8. The van der Waals surface area contributed by atoms with Gasteiger partial charge in [0.15, 0.2) is 0 Å². The van der Waals surface area contributed by atoms with Gasteiger partial charge in [0.05, 0.1) is 23.4 Å². The van der Waals surface area contributed by atoms with E-state index in [0.717, 1.165) is 21.8 Å². The minimum absolute atomic E-state index is 0.197. The first-order valence-corrected chi connectivity index (χ1v) is 9.10. The van der Waals surface area contributed by atoms with Gasteiger partial charge in [-0.05, 0) is 48.7 Å². The van der Waals surface area contributed by atoms with Crippen LogP contribution in [0.4, 0.5) is 0 Å². The van der Waals surface area contributed by atoms with E-state index in [-0.39, 0.29) is 5.91 Å². The number of rotatable bonds is 5. The molecule has 1 amide bonds. The van der Waals surface area contributed by atoms with Crippen molar-refractivity contribution in [2.24, 2.45) is 0 Å². The quantitative estimate of drug-likeness (QED) is 0.570. The van der Waals surface area contributed by atoms with E-state index in [1.165, 1.54) is 0 Å². The summed E-state index contributed by atoms with van der Waals surface area (Å²) in [6, 6.07) is 17.4. The van der Waals surface area contributed by atoms with Gasteiger partial charge < -0.3 is 9.73 Å². The van der Waals surface area contributed by atoms with Gasteiger partial charge in [0.2, 0.25) is 0 Å². The number of thiophene rings is 1. The number of benzene rings is 1. The maximum absolute atomic E-state index is 12.8. The zero-order valence-corrected chi connectivity index (χ0v) is 15.0. The number of aromatic nitrogens is 2. The average Bonchev–Trinajstić information content (AvgIpc) is 3.41. The molecule has 0 unspecified atom stereocenters. The first kappa shape index (κ1) is 16.4. The van der Waals surface area contributed by atoms with Crippen LogP contribution in [0.5, 0.6) is 0 Å². The van der Waals surface area contributed by atoms with Crippen LogP contribution in [0.25, 0.3) is 16.3 Å². The van der Waals surface area contributed by atoms with Crippen molar-refractivity contribution < 1.29 is 9.21 Å². The first-order valence-electron chi connectivity index (χ1n) is 8.22. The number of hydrogen-bond acceptors (Lipinski definition) is 4. The van der Waals surface area contributed by atoms with Gasteiger partial charge in [0, 0.05) is 0 Å². The van der Waals surface area contributed by atoms with E-state index in [9.17, 15) is 4.79 Å². The van der Waals surface area contributed by atoms with Gasteiger partial charge in [-0.3, -0.25) is 4.79 Å². The van der Waals surface area contributed by atoms with Gasteiger partial charge in [0.1, 0.15) is 17.1 Å². The monoisotopic (exact) mass is 363 g/mol. The van der Waals surface area contributed by atoms with E-state index in [4.69, 9.17) is 4.42 Å². The molecule has 26 heavy (non-hydrogen) atoms. The van der Waals surface area contributed by atoms with E-state index in [1.807, 2.05) is 60.8 Å². The highest BCUT2D eigenvalue weighted by Gasteiger charge is 2.18. The summed E-state index contributed by atoms with van der Waals surface area (Å²) < 4.78 is 6.96. The Morgan fingerprint density at radius 1 is 1.19 bits per heavy atom. The van der Waals surface area contributed by atoms with Crippen LogP contribution in [0, 0.1) is 6.92 Å². The van der Waals surface area contributed by atoms with Crippen molar-refractivity contribution in [3.05, 3.63) is 83.3 Å². The highest BCUT2D eigenvalue weighted by atomic mass is 32.1. The second kappa shape index (κ2) is 7.01. The first-order chi connectivity index (χ1) is 12.7. The summed E-state index contributed by atoms with van der Waals surface area (Å²) in [5.74, 6) is 0.510. The largest absolute Gasteiger partial charge is 0.467 e. The highest BCUT2D eigenvalue weighted by molar-refractivity contribution is 7.13. The topological polar surface area (TPSA) is 60.1 Å². The van der Waals surface area contributed by atoms with Crippen molar-refractivity contribution in [1.82, 2.24) is 15.1 Å². The molecule has 0 radical (unpaired) electrons. The number of carbonyl (C=O) groups is 1. The third-order valence-corrected chi connectivity index (χ3v) is 4.89. The molecule has 0 aliphatic rings. The SMILES string of the molecule is Cc1ccc(-n2nc(-c3cccs3)cc2C(=O)NCc2ccco2)cc1. The van der Waals surface area contributed by atoms with E-state index in [1.54, 1.807) is 28.3 Å². The molecule has 0 spiro atoms. The van der Waals surface area contributed by atoms with Gasteiger partial charge in [-0.2, -0.15) is 5.10 Å². The molecule has 0 atom stereocenters. The summed E-state index contributed by atoms with van der Waals surface area (Å²) >= 11 is 1.60. The minimum atomic E-state index is -0.197. The van der Waals surface area contributed by atoms with Crippen LogP contribution in [-0.4, -0.2) is 15.7 Å². The molecule has 1 aromatic carbocycles. The fraction of sp³-hybridized carbons (Fsp3) is 0.100. The Labute approximate surface area is 154 Å². The van der Waals surface area contributed by atoms with Crippen LogP contribution < -0.4 is 5.32 Å². The van der Waals surface area contributed by atoms with Crippen LogP contribution in [0.2, 0.25) is 0 Å². The fourth-order valence-corrected chi connectivity index (χ4v) is 3.32. The predicted molar refractivity (Wildman–Crippen MR) is 101 cm³/mol. The zero-order valence-electron chi connectivity index (χ0n) is 14.2. The third-order valence-electron chi connectivity index (χ3n) is 4.00. The molecule has 4 rings (SSSR count). The molecule has 5 nitrogen and oxygen atoms in total. The highest BCUT2D eigenvalue weighted by Crippen LogP contribution is 2.26. The molecule has 0 saturated heterocycles. The lowest BCUT2D eigenvalue weighted by Crippen LogP contribution is -2.25. The smallest absolute Gasteiger partial charge is 0.270 e. The molecule has 3 aromatic heterocycles. The lowest BCUT2D eigenvalue weighted by molar-refractivity contribution is 0.0940. The summed E-state index contributed by atoms with van der Waals surface area (Å²) in [7, 11) is 0. The number of amides is 1. The lowest BCUT2D eigenvalue weighted by Gasteiger charge is -2.08. The van der Waals surface area contributed by atoms with Crippen molar-refractivity contribution >= 4 is 17.2 Å². The van der Waals surface area contributed by atoms with E-state index in [0.29, 0.717) is 18.0 Å². The van der Waals surface area contributed by atoms with Crippen molar-refractivity contribution in [2.75, 3.05) is 0 Å². The Morgan fingerprint density at radius 2 is 2.04 bits per heavy atom. The third kappa shape index (κ3) is 3.32. The Kier molecular flexibility index (Phi) is 4.41. The number of nitrogens with one attached hydrogen (secondary N) is 1. The number of carbonyl (C=O) groups excluding carboxylic acids is 1. The van der Waals surface area contributed by atoms with Crippen LogP contribution in [0.3, 0.4) is 0 Å². The second-order valence-corrected chi connectivity index (χ2v) is 6.85. The zero-order chi connectivity index (χ0) is 17.9. The number of furan rings is 1. The van der Waals surface area contributed by atoms with Gasteiger partial charge in [-0.1, -0.05) is 23.8 Å². The second-order valence-electron chi connectivity index (χ2n) is 5.90. The number of aryl methyl sites for hydroxylation is 1. The van der Waals surface area contributed by atoms with Crippen LogP contribution >= 0.6 is 11.3 Å². The molecule has 6 heteroatoms. The van der Waals surface area contributed by atoms with Gasteiger partial charge in [0.25, 0.3) is 5.91 Å². The van der Waals surface area contributed by atoms with E-state index < -0.39 is 0 Å². The van der Waals surface area contributed by atoms with Crippen molar-refractivity contribution in [1.29, 1.82) is 0 Å². The van der Waals surface area contributed by atoms with Gasteiger partial charge in [-0.25, -0.2) is 4.68 Å². The van der Waals surface area contributed by atoms with Gasteiger partial charge >= 0.3 is 0 Å². The molecule has 4 aromatic rings. The summed E-state index contributed by atoms with van der Waals surface area (Å²) in [5, 5.41) is 9.55. The molecule has 0 bridgehead atoms. The van der Waals surface area contributed by atoms with Crippen molar-refractivity contribution in [3.8, 4) is 16.3 Å². The summed E-state index contributed by atoms with van der Waals surface area (Å²) in [6.45, 7) is 2.36. The molecule has 0 saturated carbocycles. The fourth-order valence-electron chi connectivity index (χ4n) is 2.64. The van der Waals surface area contributed by atoms with Gasteiger partial charge in [-0.15, -0.1) is 11.3 Å². The standard InChI is InChI=1S/C20H17N3O2S/c1-14-6-8-15(9-7-14)23-18(12-17(22-23)19-5-3-11-26-19)20(24)21-13-16-4-2-10-25-16/h2-12H,13H2,1H3,(H,21,24). The Morgan fingerprint density at radius 3 is 2.73 bits per heavy atom. The predicted octanol–water partition coefficient (Wildman–Crippen LogP) is 4.43. The maximum atomic E-state index is 12.8. The summed E-state index contributed by atoms with van der Waals surface area (Å²) in [4.78, 5) is 13.8. The average molecular weight is 363 g/mol. The Balaban J connectivity index is 1.69. The molecule has 0 fully saturated rings. The van der Waals surface area contributed by atoms with Crippen molar-refractivity contribution in [2.45, 2.75) is 13.5 Å². The van der Waals surface area contributed by atoms with E-state index >= 15 is 0 Å². The number of hydrogen-bond donors (Lipinski definition) is 1. The molecule has 1 N–H and O–H groups in total. The van der Waals surface area contributed by atoms with Crippen LogP contribution in [-0.2, 0) is 6.54 Å². The minimum Gasteiger partial charge on any atom is -0.467 e. The molecular weight excluding hydrogens is 346 g/mol. The molecule has 0 aliphatic heterocycles. The Hall–Kier alpha value is -3.12. The maximum Gasteiger partial charge on any atom is 0.270 e. The Bertz CT molecular complexity index is 1000. The summed E-state index contributed by atoms with van der Waals surface area (Å²) in [5.41, 5.74) is 3.28. The van der Waals surface area contributed by atoms with Crippen LogP contribution in [0.15, 0.2) is 70.7 Å². The van der Waals surface area contributed by atoms with E-state index in [2.05, 4.69) is 10.4 Å². The molecule has 3 heterocycles. The molecular formula is C20H17N3O2S. The summed E-state index contributed by atoms with van der Waals surface area (Å²) in [6.07, 6.45) is 1.59. The molecule has 130 valence electrons. The number of nitrogens with zero attached hydrogens (tertiary/aromatic N) is 2. The lowest BCUT2D eigenvalue weighted by atomic mass is 10.2. The van der Waals surface area contributed by atoms with Crippen molar-refractivity contribution in [3.63, 3.8) is 0 Å². The molecule has 0 aliphatic carbocycles. The van der Waals surface area contributed by atoms with Crippen LogP contribution in [0.1, 0.15) is 21.8 Å².